The van der Waals surface area contributed by atoms with Crippen molar-refractivity contribution in [2.45, 2.75) is 95.7 Å². The summed E-state index contributed by atoms with van der Waals surface area (Å²) in [7, 11) is 2.48. The predicted octanol–water partition coefficient (Wildman–Crippen LogP) is 5.13. The van der Waals surface area contributed by atoms with Crippen molar-refractivity contribution in [3.63, 3.8) is 0 Å². The molecule has 0 unspecified atom stereocenters. The second-order valence-electron chi connectivity index (χ2n) is 7.81. The van der Waals surface area contributed by atoms with Gasteiger partial charge >= 0.3 is 0 Å². The normalized spacial score (nSPS) is 37.3. The van der Waals surface area contributed by atoms with Gasteiger partial charge in [-0.05, 0) is 11.8 Å². The molecule has 0 amide bonds. The van der Waals surface area contributed by atoms with E-state index in [1.165, 1.54) is 70.6 Å². The van der Waals surface area contributed by atoms with Crippen LogP contribution in [0.1, 0.15) is 90.4 Å². The summed E-state index contributed by atoms with van der Waals surface area (Å²) in [5, 5.41) is 0.631. The van der Waals surface area contributed by atoms with Gasteiger partial charge in [0, 0.05) is 0 Å². The lowest BCUT2D eigenvalue weighted by atomic mass is 9.62. The molecule has 104 valence electrons. The molecule has 0 bridgehead atoms. The van der Waals surface area contributed by atoms with Gasteiger partial charge in [-0.25, -0.2) is 0 Å². The monoisotopic (exact) mass is 248 g/mol. The fraction of sp³-hybridized carbons (Fsp3) is 1.00. The lowest BCUT2D eigenvalue weighted by Gasteiger charge is -2.34. The largest absolute Gasteiger partial charge is 0.109 e. The first kappa shape index (κ1) is 14.5. The first-order valence-corrected chi connectivity index (χ1v) is 8.67. The second-order valence-corrected chi connectivity index (χ2v) is 7.81. The Kier molecular flexibility index (Phi) is 5.64. The van der Waals surface area contributed by atoms with Gasteiger partial charge in [-0.2, -0.15) is 0 Å². The van der Waals surface area contributed by atoms with Crippen molar-refractivity contribution in [2.75, 3.05) is 0 Å². The van der Waals surface area contributed by atoms with Crippen LogP contribution in [0.5, 0.6) is 0 Å². The van der Waals surface area contributed by atoms with Crippen molar-refractivity contribution in [2.24, 2.45) is 11.8 Å². The van der Waals surface area contributed by atoms with E-state index in [1.807, 2.05) is 0 Å². The first-order valence-electron chi connectivity index (χ1n) is 8.67. The van der Waals surface area contributed by atoms with Crippen molar-refractivity contribution in [3.05, 3.63) is 0 Å². The predicted molar refractivity (Wildman–Crippen MR) is 83.9 cm³/mol. The van der Waals surface area contributed by atoms with Crippen LogP contribution in [0.3, 0.4) is 0 Å². The molecule has 0 aromatic rings. The van der Waals surface area contributed by atoms with Crippen LogP contribution in [0.2, 0.25) is 5.31 Å². The third kappa shape index (κ3) is 4.63. The smallest absolute Gasteiger partial charge is 0.0669 e. The average Bonchev–Trinajstić information content (AvgIpc) is 2.24. The maximum Gasteiger partial charge on any atom is 0.109 e. The van der Waals surface area contributed by atoms with Gasteiger partial charge in [0.15, 0.2) is 0 Å². The molecule has 0 saturated heterocycles. The van der Waals surface area contributed by atoms with Gasteiger partial charge in [0.25, 0.3) is 0 Å². The third-order valence-corrected chi connectivity index (χ3v) is 5.67. The highest BCUT2D eigenvalue weighted by Gasteiger charge is 2.26. The Bertz CT molecular complexity index is 214. The molecule has 2 aliphatic rings. The minimum Gasteiger partial charge on any atom is -0.0669 e. The molecule has 0 aromatic carbocycles. The summed E-state index contributed by atoms with van der Waals surface area (Å²) in [6.07, 6.45) is 19.7. The van der Waals surface area contributed by atoms with E-state index < -0.39 is 0 Å². The molecule has 0 radical (unpaired) electrons. The number of rotatable bonds is 1. The van der Waals surface area contributed by atoms with Crippen molar-refractivity contribution < 1.29 is 0 Å². The van der Waals surface area contributed by atoms with Crippen LogP contribution in [0, 0.1) is 11.8 Å². The number of hydrogen-bond acceptors (Lipinski definition) is 0. The van der Waals surface area contributed by atoms with Gasteiger partial charge in [0.2, 0.25) is 0 Å². The quantitative estimate of drug-likeness (QED) is 0.564. The van der Waals surface area contributed by atoms with Gasteiger partial charge in [0.1, 0.15) is 7.85 Å². The van der Waals surface area contributed by atoms with Crippen LogP contribution < -0.4 is 0 Å². The van der Waals surface area contributed by atoms with Crippen LogP contribution in [-0.4, -0.2) is 7.85 Å². The Morgan fingerprint density at radius 1 is 0.667 bits per heavy atom. The van der Waals surface area contributed by atoms with E-state index in [0.717, 1.165) is 11.8 Å². The molecule has 0 nitrogen and oxygen atoms in total. The molecular weight excluding hydrogens is 215 g/mol. The average molecular weight is 248 g/mol. The molecule has 0 heterocycles. The van der Waals surface area contributed by atoms with Crippen molar-refractivity contribution >= 4 is 7.85 Å². The van der Waals surface area contributed by atoms with Crippen LogP contribution in [0.4, 0.5) is 0 Å². The van der Waals surface area contributed by atoms with E-state index in [2.05, 4.69) is 14.8 Å². The Morgan fingerprint density at radius 3 is 1.56 bits per heavy atom. The van der Waals surface area contributed by atoms with Crippen LogP contribution in [-0.2, 0) is 0 Å². The molecule has 0 aromatic heterocycles. The Labute approximate surface area is 116 Å². The third-order valence-electron chi connectivity index (χ3n) is 5.67. The molecule has 0 spiro atoms. The fourth-order valence-electron chi connectivity index (χ4n) is 4.39. The highest BCUT2D eigenvalue weighted by atomic mass is 14.3. The second kappa shape index (κ2) is 7.01. The van der Waals surface area contributed by atoms with E-state index in [4.69, 9.17) is 0 Å². The molecule has 0 atom stereocenters. The van der Waals surface area contributed by atoms with Gasteiger partial charge in [-0.3, -0.25) is 0 Å². The van der Waals surface area contributed by atoms with Crippen LogP contribution >= 0.6 is 0 Å². The van der Waals surface area contributed by atoms with E-state index in [1.54, 1.807) is 12.8 Å². The summed E-state index contributed by atoms with van der Waals surface area (Å²) in [6.45, 7) is 2.48. The standard InChI is InChI=1S/C17H33B/c1-17(18)13-7-11-16(12-8-14-17)15-9-5-3-2-4-6-10-15/h15-16H,2-14,18H2,1H3. The number of hydrogen-bond donors (Lipinski definition) is 0. The van der Waals surface area contributed by atoms with E-state index in [-0.39, 0.29) is 0 Å². The summed E-state index contributed by atoms with van der Waals surface area (Å²) in [5.74, 6) is 2.17. The van der Waals surface area contributed by atoms with Gasteiger partial charge in [-0.1, -0.05) is 95.7 Å². The van der Waals surface area contributed by atoms with Gasteiger partial charge in [0.05, 0.1) is 0 Å². The zero-order chi connectivity index (χ0) is 12.8. The SMILES string of the molecule is BC1(C)CCCC(C2CCCCCCC2)CCC1. The maximum absolute atomic E-state index is 2.48. The fourth-order valence-corrected chi connectivity index (χ4v) is 4.39. The van der Waals surface area contributed by atoms with E-state index in [0.29, 0.717) is 5.31 Å². The maximum atomic E-state index is 2.48. The molecule has 2 aliphatic carbocycles. The van der Waals surface area contributed by atoms with Crippen molar-refractivity contribution in [3.8, 4) is 0 Å². The lowest BCUT2D eigenvalue weighted by Crippen LogP contribution is -2.20. The molecule has 2 saturated carbocycles. The topological polar surface area (TPSA) is 0 Å². The van der Waals surface area contributed by atoms with Crippen molar-refractivity contribution in [1.29, 1.82) is 0 Å². The zero-order valence-electron chi connectivity index (χ0n) is 12.8. The highest BCUT2D eigenvalue weighted by Crippen LogP contribution is 2.42. The van der Waals surface area contributed by atoms with Gasteiger partial charge < -0.3 is 0 Å². The minimum atomic E-state index is 0.631. The zero-order valence-corrected chi connectivity index (χ0v) is 12.8. The Balaban J connectivity index is 1.83. The lowest BCUT2D eigenvalue weighted by molar-refractivity contribution is 0.212. The van der Waals surface area contributed by atoms with Crippen molar-refractivity contribution in [1.82, 2.24) is 0 Å². The summed E-state index contributed by atoms with van der Waals surface area (Å²) < 4.78 is 0. The molecule has 2 rings (SSSR count). The molecule has 0 N–H and O–H groups in total. The summed E-state index contributed by atoms with van der Waals surface area (Å²) in [4.78, 5) is 0. The summed E-state index contributed by atoms with van der Waals surface area (Å²) >= 11 is 0. The molecule has 1 heteroatoms. The molecule has 18 heavy (non-hydrogen) atoms. The van der Waals surface area contributed by atoms with E-state index in [9.17, 15) is 0 Å². The van der Waals surface area contributed by atoms with Gasteiger partial charge in [-0.15, -0.1) is 0 Å². The minimum absolute atomic E-state index is 0.631. The highest BCUT2D eigenvalue weighted by molar-refractivity contribution is 6.14. The van der Waals surface area contributed by atoms with Crippen LogP contribution in [0.15, 0.2) is 0 Å². The molecule has 2 fully saturated rings. The molecule has 0 aliphatic heterocycles. The van der Waals surface area contributed by atoms with Crippen LogP contribution in [0.25, 0.3) is 0 Å². The Morgan fingerprint density at radius 2 is 1.06 bits per heavy atom. The summed E-state index contributed by atoms with van der Waals surface area (Å²) in [6, 6.07) is 0. The first-order chi connectivity index (χ1) is 8.67. The molecular formula is C17H33B. The summed E-state index contributed by atoms with van der Waals surface area (Å²) in [5.41, 5.74) is 0. The van der Waals surface area contributed by atoms with E-state index >= 15 is 0 Å². The Hall–Kier alpha value is 0.0649.